The van der Waals surface area contributed by atoms with Crippen LogP contribution in [0.25, 0.3) is 0 Å². The molecule has 0 aromatic carbocycles. The normalized spacial score (nSPS) is 13.7. The first-order chi connectivity index (χ1) is 6.70. The monoisotopic (exact) mass is 211 g/mol. The molecule has 3 nitrogen and oxygen atoms in total. The summed E-state index contributed by atoms with van der Waals surface area (Å²) in [6, 6.07) is 0. The summed E-state index contributed by atoms with van der Waals surface area (Å²) >= 11 is 0. The molecule has 0 aliphatic heterocycles. The number of allylic oxidation sites excluding steroid dienone is 2. The van der Waals surface area contributed by atoms with Crippen molar-refractivity contribution in [1.29, 1.82) is 0 Å². The molecule has 0 heterocycles. The van der Waals surface area contributed by atoms with Gasteiger partial charge >= 0.3 is 6.09 Å². The first-order valence-electron chi connectivity index (χ1n) is 5.17. The van der Waals surface area contributed by atoms with Crippen LogP contribution in [0.2, 0.25) is 0 Å². The van der Waals surface area contributed by atoms with E-state index in [2.05, 4.69) is 18.8 Å². The Balaban J connectivity index is 4.31. The number of hydrogen-bond acceptors (Lipinski definition) is 2. The van der Waals surface area contributed by atoms with E-state index >= 15 is 0 Å². The third-order valence-corrected chi connectivity index (χ3v) is 1.38. The van der Waals surface area contributed by atoms with Crippen molar-refractivity contribution in [2.75, 3.05) is 0 Å². The van der Waals surface area contributed by atoms with E-state index in [1.165, 1.54) is 0 Å². The SMILES string of the molecule is CC(/C=C\C(C)C)=NC(=O)OC(C)(C)C. The van der Waals surface area contributed by atoms with Gasteiger partial charge in [0.15, 0.2) is 0 Å². The van der Waals surface area contributed by atoms with Gasteiger partial charge in [-0.1, -0.05) is 19.9 Å². The maximum atomic E-state index is 11.3. The highest BCUT2D eigenvalue weighted by Crippen LogP contribution is 2.08. The van der Waals surface area contributed by atoms with Crippen LogP contribution in [0.5, 0.6) is 0 Å². The Labute approximate surface area is 92.2 Å². The van der Waals surface area contributed by atoms with Crippen molar-refractivity contribution in [2.24, 2.45) is 10.9 Å². The molecule has 0 radical (unpaired) electrons. The Morgan fingerprint density at radius 2 is 1.87 bits per heavy atom. The fraction of sp³-hybridized carbons (Fsp3) is 0.667. The first kappa shape index (κ1) is 13.9. The van der Waals surface area contributed by atoms with Crippen molar-refractivity contribution in [3.63, 3.8) is 0 Å². The van der Waals surface area contributed by atoms with Gasteiger partial charge in [-0.05, 0) is 39.7 Å². The molecule has 0 saturated heterocycles. The van der Waals surface area contributed by atoms with Crippen molar-refractivity contribution >= 4 is 11.8 Å². The molecule has 1 amide bonds. The van der Waals surface area contributed by atoms with Gasteiger partial charge in [-0.15, -0.1) is 0 Å². The van der Waals surface area contributed by atoms with E-state index in [9.17, 15) is 4.79 Å². The fourth-order valence-corrected chi connectivity index (χ4v) is 0.798. The fourth-order valence-electron chi connectivity index (χ4n) is 0.798. The predicted octanol–water partition coefficient (Wildman–Crippen LogP) is 3.59. The highest BCUT2D eigenvalue weighted by molar-refractivity contribution is 5.99. The van der Waals surface area contributed by atoms with E-state index in [4.69, 9.17) is 4.74 Å². The van der Waals surface area contributed by atoms with Crippen LogP contribution in [0.4, 0.5) is 4.79 Å². The number of amides is 1. The molecule has 3 heteroatoms. The quantitative estimate of drug-likeness (QED) is 0.655. The van der Waals surface area contributed by atoms with E-state index in [1.54, 1.807) is 6.92 Å². The highest BCUT2D eigenvalue weighted by Gasteiger charge is 2.15. The number of carbonyl (C=O) groups excluding carboxylic acids is 1. The molecule has 0 spiro atoms. The Morgan fingerprint density at radius 3 is 2.27 bits per heavy atom. The van der Waals surface area contributed by atoms with Crippen LogP contribution in [0, 0.1) is 5.92 Å². The maximum Gasteiger partial charge on any atom is 0.434 e. The lowest BCUT2D eigenvalue weighted by Gasteiger charge is -2.17. The summed E-state index contributed by atoms with van der Waals surface area (Å²) < 4.78 is 5.05. The number of nitrogens with zero attached hydrogens (tertiary/aromatic N) is 1. The zero-order valence-corrected chi connectivity index (χ0v) is 10.5. The molecule has 15 heavy (non-hydrogen) atoms. The highest BCUT2D eigenvalue weighted by atomic mass is 16.6. The maximum absolute atomic E-state index is 11.3. The van der Waals surface area contributed by atoms with E-state index in [-0.39, 0.29) is 0 Å². The third-order valence-electron chi connectivity index (χ3n) is 1.38. The largest absolute Gasteiger partial charge is 0.442 e. The van der Waals surface area contributed by atoms with Crippen LogP contribution in [0.1, 0.15) is 41.5 Å². The molecular weight excluding hydrogens is 190 g/mol. The van der Waals surface area contributed by atoms with Gasteiger partial charge in [0.25, 0.3) is 0 Å². The van der Waals surface area contributed by atoms with Crippen LogP contribution in [-0.4, -0.2) is 17.4 Å². The van der Waals surface area contributed by atoms with Gasteiger partial charge in [0.1, 0.15) is 5.60 Å². The molecule has 0 atom stereocenters. The minimum atomic E-state index is -0.534. The number of carbonyl (C=O) groups is 1. The smallest absolute Gasteiger partial charge is 0.434 e. The average Bonchev–Trinajstić information content (AvgIpc) is 1.96. The molecule has 0 aromatic rings. The molecule has 0 saturated carbocycles. The summed E-state index contributed by atoms with van der Waals surface area (Å²) in [6.07, 6.45) is 3.28. The Kier molecular flexibility index (Phi) is 5.26. The van der Waals surface area contributed by atoms with Gasteiger partial charge in [0.05, 0.1) is 0 Å². The Hall–Kier alpha value is -1.12. The second-order valence-electron chi connectivity index (χ2n) is 4.84. The summed E-state index contributed by atoms with van der Waals surface area (Å²) in [6.45, 7) is 11.4. The van der Waals surface area contributed by atoms with Gasteiger partial charge in [-0.2, -0.15) is 4.99 Å². The summed E-state index contributed by atoms with van der Waals surface area (Å²) in [5, 5.41) is 0. The summed E-state index contributed by atoms with van der Waals surface area (Å²) in [7, 11) is 0. The molecule has 0 aliphatic carbocycles. The lowest BCUT2D eigenvalue weighted by molar-refractivity contribution is 0.0604. The number of hydrogen-bond donors (Lipinski definition) is 0. The minimum absolute atomic E-state index is 0.453. The predicted molar refractivity (Wildman–Crippen MR) is 63.3 cm³/mol. The number of ether oxygens (including phenoxy) is 1. The van der Waals surface area contributed by atoms with Crippen molar-refractivity contribution in [3.8, 4) is 0 Å². The topological polar surface area (TPSA) is 38.7 Å². The minimum Gasteiger partial charge on any atom is -0.442 e. The summed E-state index contributed by atoms with van der Waals surface area (Å²) in [5.41, 5.74) is 0.181. The van der Waals surface area contributed by atoms with Crippen molar-refractivity contribution in [2.45, 2.75) is 47.1 Å². The lowest BCUT2D eigenvalue weighted by atomic mass is 10.2. The van der Waals surface area contributed by atoms with Gasteiger partial charge in [0, 0.05) is 5.71 Å². The van der Waals surface area contributed by atoms with Crippen LogP contribution >= 0.6 is 0 Å². The lowest BCUT2D eigenvalue weighted by Crippen LogP contribution is -2.22. The van der Waals surface area contributed by atoms with Crippen molar-refractivity contribution in [1.82, 2.24) is 0 Å². The van der Waals surface area contributed by atoms with Gasteiger partial charge in [-0.25, -0.2) is 4.79 Å². The van der Waals surface area contributed by atoms with E-state index in [1.807, 2.05) is 32.9 Å². The standard InChI is InChI=1S/C12H21NO2/c1-9(2)7-8-10(3)13-11(14)15-12(4,5)6/h7-9H,1-6H3/b8-7-,13-10?. The molecule has 0 fully saturated rings. The van der Waals surface area contributed by atoms with Gasteiger partial charge in [-0.3, -0.25) is 0 Å². The Bertz CT molecular complexity index is 270. The molecule has 86 valence electrons. The van der Waals surface area contributed by atoms with E-state index in [0.29, 0.717) is 11.6 Å². The van der Waals surface area contributed by atoms with Crippen molar-refractivity contribution < 1.29 is 9.53 Å². The second kappa shape index (κ2) is 5.69. The molecule has 0 aromatic heterocycles. The van der Waals surface area contributed by atoms with Crippen LogP contribution in [0.15, 0.2) is 17.1 Å². The first-order valence-corrected chi connectivity index (χ1v) is 5.17. The Morgan fingerprint density at radius 1 is 1.33 bits per heavy atom. The molecule has 0 unspecified atom stereocenters. The van der Waals surface area contributed by atoms with E-state index in [0.717, 1.165) is 0 Å². The van der Waals surface area contributed by atoms with Crippen molar-refractivity contribution in [3.05, 3.63) is 12.2 Å². The number of rotatable bonds is 2. The zero-order chi connectivity index (χ0) is 12.1. The third kappa shape index (κ3) is 9.19. The van der Waals surface area contributed by atoms with Crippen LogP contribution in [0.3, 0.4) is 0 Å². The second-order valence-corrected chi connectivity index (χ2v) is 4.84. The average molecular weight is 211 g/mol. The van der Waals surface area contributed by atoms with Crippen LogP contribution < -0.4 is 0 Å². The molecular formula is C12H21NO2. The van der Waals surface area contributed by atoms with Crippen LogP contribution in [-0.2, 0) is 4.74 Å². The zero-order valence-electron chi connectivity index (χ0n) is 10.5. The molecule has 0 aliphatic rings. The number of aliphatic imine (C=N–C) groups is 1. The summed E-state index contributed by atoms with van der Waals surface area (Å²) in [4.78, 5) is 15.1. The molecule has 0 rings (SSSR count). The van der Waals surface area contributed by atoms with E-state index < -0.39 is 11.7 Å². The molecule has 0 N–H and O–H groups in total. The summed E-state index contributed by atoms with van der Waals surface area (Å²) in [5.74, 6) is 0.453. The van der Waals surface area contributed by atoms with Gasteiger partial charge < -0.3 is 4.74 Å². The molecule has 0 bridgehead atoms. The van der Waals surface area contributed by atoms with Gasteiger partial charge in [0.2, 0.25) is 0 Å².